The number of hydrogen-bond acceptors (Lipinski definition) is 3. The van der Waals surface area contributed by atoms with E-state index in [1.165, 1.54) is 12.1 Å². The highest BCUT2D eigenvalue weighted by Crippen LogP contribution is 2.24. The monoisotopic (exact) mass is 323 g/mol. The van der Waals surface area contributed by atoms with E-state index in [1.807, 2.05) is 18.2 Å². The predicted octanol–water partition coefficient (Wildman–Crippen LogP) is 3.37. The number of benzene rings is 2. The van der Waals surface area contributed by atoms with Crippen LogP contribution < -0.4 is 10.1 Å². The number of hydrogen-bond donors (Lipinski definition) is 2. The van der Waals surface area contributed by atoms with Gasteiger partial charge in [0.05, 0.1) is 19.1 Å². The number of nitrogens with zero attached hydrogens (tertiary/aromatic N) is 1. The second-order valence-corrected chi connectivity index (χ2v) is 5.26. The Balaban J connectivity index is 1.79. The van der Waals surface area contributed by atoms with E-state index in [4.69, 9.17) is 10.00 Å². The highest BCUT2D eigenvalue weighted by Gasteiger charge is 2.11. The molecule has 3 rings (SSSR count). The van der Waals surface area contributed by atoms with E-state index in [9.17, 15) is 9.18 Å². The third-order valence-corrected chi connectivity index (χ3v) is 3.70. The van der Waals surface area contributed by atoms with Gasteiger partial charge in [-0.25, -0.2) is 4.39 Å². The number of ether oxygens (including phenoxy) is 1. The molecule has 0 saturated heterocycles. The van der Waals surface area contributed by atoms with Crippen molar-refractivity contribution in [3.05, 3.63) is 59.5 Å². The molecule has 1 heterocycles. The fraction of sp³-hybridized carbons (Fsp3) is 0.111. The molecule has 5 nitrogen and oxygen atoms in total. The van der Waals surface area contributed by atoms with Gasteiger partial charge in [0.25, 0.3) is 0 Å². The molecular weight excluding hydrogens is 309 g/mol. The Labute approximate surface area is 137 Å². The van der Waals surface area contributed by atoms with Crippen molar-refractivity contribution in [1.29, 1.82) is 5.26 Å². The summed E-state index contributed by atoms with van der Waals surface area (Å²) in [4.78, 5) is 15.3. The molecule has 2 aromatic carbocycles. The summed E-state index contributed by atoms with van der Waals surface area (Å²) in [7, 11) is 1.58. The number of halogens is 1. The van der Waals surface area contributed by atoms with Gasteiger partial charge in [-0.15, -0.1) is 0 Å². The second kappa shape index (κ2) is 6.42. The minimum atomic E-state index is -0.612. The minimum absolute atomic E-state index is 0.107. The van der Waals surface area contributed by atoms with E-state index in [0.29, 0.717) is 11.4 Å². The van der Waals surface area contributed by atoms with Crippen molar-refractivity contribution < 1.29 is 13.9 Å². The molecule has 0 fully saturated rings. The molecule has 0 atom stereocenters. The van der Waals surface area contributed by atoms with Gasteiger partial charge in [0.1, 0.15) is 17.6 Å². The number of amides is 1. The smallest absolute Gasteiger partial charge is 0.228 e. The topological polar surface area (TPSA) is 77.9 Å². The molecule has 0 aliphatic carbocycles. The summed E-state index contributed by atoms with van der Waals surface area (Å²) in [5, 5.41) is 12.4. The number of nitriles is 1. The molecule has 1 amide bonds. The predicted molar refractivity (Wildman–Crippen MR) is 88.3 cm³/mol. The van der Waals surface area contributed by atoms with Crippen molar-refractivity contribution in [3.8, 4) is 11.8 Å². The number of carbonyl (C=O) groups excluding carboxylic acids is 1. The third kappa shape index (κ3) is 3.06. The summed E-state index contributed by atoms with van der Waals surface area (Å²) in [6.07, 6.45) is 1.92. The average Bonchev–Trinajstić information content (AvgIpc) is 2.98. The highest BCUT2D eigenvalue weighted by molar-refractivity contribution is 5.96. The Bertz CT molecular complexity index is 957. The first-order valence-corrected chi connectivity index (χ1v) is 7.24. The van der Waals surface area contributed by atoms with Gasteiger partial charge in [0.2, 0.25) is 5.91 Å². The molecule has 2 N–H and O–H groups in total. The molecule has 24 heavy (non-hydrogen) atoms. The zero-order valence-corrected chi connectivity index (χ0v) is 12.9. The number of fused-ring (bicyclic) bond motifs is 1. The van der Waals surface area contributed by atoms with E-state index < -0.39 is 5.82 Å². The normalized spacial score (nSPS) is 10.4. The van der Waals surface area contributed by atoms with Crippen molar-refractivity contribution in [3.63, 3.8) is 0 Å². The highest BCUT2D eigenvalue weighted by atomic mass is 19.1. The van der Waals surface area contributed by atoms with E-state index in [0.717, 1.165) is 22.5 Å². The Morgan fingerprint density at radius 2 is 2.17 bits per heavy atom. The van der Waals surface area contributed by atoms with Crippen LogP contribution in [-0.2, 0) is 11.2 Å². The molecule has 0 saturated carbocycles. The largest absolute Gasteiger partial charge is 0.497 e. The number of methoxy groups -OCH3 is 1. The quantitative estimate of drug-likeness (QED) is 0.773. The number of carbonyl (C=O) groups is 1. The molecule has 120 valence electrons. The molecule has 0 spiro atoms. The first-order chi connectivity index (χ1) is 11.6. The number of aromatic amines is 1. The van der Waals surface area contributed by atoms with Crippen LogP contribution >= 0.6 is 0 Å². The Morgan fingerprint density at radius 1 is 1.33 bits per heavy atom. The number of nitrogens with one attached hydrogen (secondary N) is 2. The zero-order valence-electron chi connectivity index (χ0n) is 12.9. The van der Waals surface area contributed by atoms with E-state index in [1.54, 1.807) is 19.4 Å². The lowest BCUT2D eigenvalue weighted by molar-refractivity contribution is -0.115. The SMILES string of the molecule is COc1ccc2[nH]cc(CC(=O)Nc3ccc(F)c(C#N)c3)c2c1. The fourth-order valence-corrected chi connectivity index (χ4v) is 2.50. The van der Waals surface area contributed by atoms with E-state index in [2.05, 4.69) is 10.3 Å². The van der Waals surface area contributed by atoms with Gasteiger partial charge < -0.3 is 15.0 Å². The van der Waals surface area contributed by atoms with Crippen LogP contribution in [0.4, 0.5) is 10.1 Å². The number of aromatic nitrogens is 1. The molecule has 0 radical (unpaired) electrons. The van der Waals surface area contributed by atoms with Crippen molar-refractivity contribution in [1.82, 2.24) is 4.98 Å². The van der Waals surface area contributed by atoms with Gasteiger partial charge in [-0.1, -0.05) is 0 Å². The Hall–Kier alpha value is -3.33. The third-order valence-electron chi connectivity index (χ3n) is 3.70. The Morgan fingerprint density at radius 3 is 2.92 bits per heavy atom. The van der Waals surface area contributed by atoms with Gasteiger partial charge in [-0.2, -0.15) is 5.26 Å². The second-order valence-electron chi connectivity index (χ2n) is 5.26. The van der Waals surface area contributed by atoms with Crippen molar-refractivity contribution in [2.75, 3.05) is 12.4 Å². The lowest BCUT2D eigenvalue weighted by atomic mass is 10.1. The first kappa shape index (κ1) is 15.6. The van der Waals surface area contributed by atoms with Crippen LogP contribution in [0.1, 0.15) is 11.1 Å². The standard InChI is InChI=1S/C18H14FN3O2/c1-24-14-3-5-17-15(8-14)12(10-21-17)7-18(23)22-13-2-4-16(19)11(6-13)9-20/h2-6,8,10,21H,7H2,1H3,(H,22,23). The van der Waals surface area contributed by atoms with E-state index >= 15 is 0 Å². The van der Waals surface area contributed by atoms with Crippen molar-refractivity contribution in [2.24, 2.45) is 0 Å². The zero-order chi connectivity index (χ0) is 17.1. The number of H-pyrrole nitrogens is 1. The summed E-state index contributed by atoms with van der Waals surface area (Å²) < 4.78 is 18.5. The van der Waals surface area contributed by atoms with E-state index in [-0.39, 0.29) is 17.9 Å². The van der Waals surface area contributed by atoms with Gasteiger partial charge in [0, 0.05) is 22.8 Å². The van der Waals surface area contributed by atoms with Crippen LogP contribution in [0.25, 0.3) is 10.9 Å². The summed E-state index contributed by atoms with van der Waals surface area (Å²) in [5.41, 5.74) is 2.01. The summed E-state index contributed by atoms with van der Waals surface area (Å²) in [5.74, 6) is -0.158. The molecule has 1 aromatic heterocycles. The van der Waals surface area contributed by atoms with Crippen molar-refractivity contribution in [2.45, 2.75) is 6.42 Å². The number of anilines is 1. The Kier molecular flexibility index (Phi) is 4.17. The summed E-state index contributed by atoms with van der Waals surface area (Å²) >= 11 is 0. The molecular formula is C18H14FN3O2. The maximum Gasteiger partial charge on any atom is 0.228 e. The lowest BCUT2D eigenvalue weighted by Gasteiger charge is -2.06. The van der Waals surface area contributed by atoms with Gasteiger partial charge in [0.15, 0.2) is 0 Å². The maximum absolute atomic E-state index is 13.3. The van der Waals surface area contributed by atoms with Crippen LogP contribution in [-0.4, -0.2) is 18.0 Å². The summed E-state index contributed by atoms with van der Waals surface area (Å²) in [6.45, 7) is 0. The van der Waals surface area contributed by atoms with Gasteiger partial charge in [-0.05, 0) is 42.0 Å². The molecule has 3 aromatic rings. The molecule has 0 bridgehead atoms. The van der Waals surface area contributed by atoms with Crippen LogP contribution in [0.2, 0.25) is 0 Å². The van der Waals surface area contributed by atoms with Gasteiger partial charge >= 0.3 is 0 Å². The van der Waals surface area contributed by atoms with Crippen LogP contribution in [0.5, 0.6) is 5.75 Å². The molecule has 0 aliphatic heterocycles. The van der Waals surface area contributed by atoms with Gasteiger partial charge in [-0.3, -0.25) is 4.79 Å². The molecule has 0 aliphatic rings. The van der Waals surface area contributed by atoms with Crippen molar-refractivity contribution >= 4 is 22.5 Å². The fourth-order valence-electron chi connectivity index (χ4n) is 2.50. The average molecular weight is 323 g/mol. The summed E-state index contributed by atoms with van der Waals surface area (Å²) in [6, 6.07) is 11.2. The van der Waals surface area contributed by atoms with Crippen LogP contribution in [0.15, 0.2) is 42.6 Å². The minimum Gasteiger partial charge on any atom is -0.497 e. The molecule has 0 unspecified atom stereocenters. The lowest BCUT2D eigenvalue weighted by Crippen LogP contribution is -2.14. The number of rotatable bonds is 4. The molecule has 6 heteroatoms. The van der Waals surface area contributed by atoms with Crippen LogP contribution in [0, 0.1) is 17.1 Å². The van der Waals surface area contributed by atoms with Crippen LogP contribution in [0.3, 0.4) is 0 Å². The maximum atomic E-state index is 13.3. The first-order valence-electron chi connectivity index (χ1n) is 7.24.